The largest absolute Gasteiger partial charge is 0.390 e. The van der Waals surface area contributed by atoms with Gasteiger partial charge >= 0.3 is 0 Å². The molecule has 10 heavy (non-hydrogen) atoms. The van der Waals surface area contributed by atoms with Gasteiger partial charge in [-0.25, -0.2) is 0 Å². The van der Waals surface area contributed by atoms with Crippen molar-refractivity contribution in [3.05, 3.63) is 0 Å². The molecule has 0 aliphatic carbocycles. The molecule has 0 aromatic rings. The molecule has 0 radical (unpaired) electrons. The summed E-state index contributed by atoms with van der Waals surface area (Å²) in [5.41, 5.74) is -0.565. The highest BCUT2D eigenvalue weighted by Gasteiger charge is 2.41. The van der Waals surface area contributed by atoms with Crippen LogP contribution in [0.15, 0.2) is 0 Å². The molecule has 0 unspecified atom stereocenters. The lowest BCUT2D eigenvalue weighted by molar-refractivity contribution is -0.149. The lowest BCUT2D eigenvalue weighted by Crippen LogP contribution is -2.38. The third-order valence-electron chi connectivity index (χ3n) is 2.09. The van der Waals surface area contributed by atoms with Crippen molar-refractivity contribution in [1.82, 2.24) is 0 Å². The maximum absolute atomic E-state index is 9.60. The zero-order valence-corrected chi connectivity index (χ0v) is 6.04. The standard InChI is InChI=1S/C7H12O3/c1-7(8)2-5-4-9-6(3-7)10-5/h5-6,8H,2-4H2,1H3/t5-,6+,7-/m0/s1. The predicted octanol–water partition coefficient (Wildman–Crippen LogP) is 0.273. The molecule has 2 rings (SSSR count). The average Bonchev–Trinajstić information content (AvgIpc) is 2.08. The van der Waals surface area contributed by atoms with Gasteiger partial charge in [0.05, 0.1) is 18.3 Å². The molecule has 0 spiro atoms. The second-order valence-electron chi connectivity index (χ2n) is 3.43. The molecule has 1 N–H and O–H groups in total. The van der Waals surface area contributed by atoms with Crippen LogP contribution >= 0.6 is 0 Å². The van der Waals surface area contributed by atoms with E-state index in [0.29, 0.717) is 19.4 Å². The summed E-state index contributed by atoms with van der Waals surface area (Å²) in [6.45, 7) is 2.49. The highest BCUT2D eigenvalue weighted by atomic mass is 16.7. The fourth-order valence-electron chi connectivity index (χ4n) is 1.65. The van der Waals surface area contributed by atoms with Crippen molar-refractivity contribution in [1.29, 1.82) is 0 Å². The van der Waals surface area contributed by atoms with Crippen molar-refractivity contribution in [3.63, 3.8) is 0 Å². The van der Waals surface area contributed by atoms with Gasteiger partial charge in [-0.1, -0.05) is 0 Å². The first kappa shape index (κ1) is 6.58. The molecule has 0 amide bonds. The summed E-state index contributed by atoms with van der Waals surface area (Å²) in [6, 6.07) is 0. The molecule has 3 atom stereocenters. The first-order valence-corrected chi connectivity index (χ1v) is 3.65. The van der Waals surface area contributed by atoms with Gasteiger partial charge in [-0.05, 0) is 6.92 Å². The minimum absolute atomic E-state index is 0.133. The molecule has 0 aromatic heterocycles. The van der Waals surface area contributed by atoms with Gasteiger partial charge in [-0.3, -0.25) is 0 Å². The smallest absolute Gasteiger partial charge is 0.160 e. The summed E-state index contributed by atoms with van der Waals surface area (Å²) < 4.78 is 10.6. The minimum Gasteiger partial charge on any atom is -0.390 e. The Labute approximate surface area is 59.9 Å². The van der Waals surface area contributed by atoms with E-state index in [0.717, 1.165) is 0 Å². The maximum Gasteiger partial charge on any atom is 0.160 e. The van der Waals surface area contributed by atoms with Crippen LogP contribution in [0.3, 0.4) is 0 Å². The fourth-order valence-corrected chi connectivity index (χ4v) is 1.65. The molecular weight excluding hydrogens is 132 g/mol. The Hall–Kier alpha value is -0.120. The van der Waals surface area contributed by atoms with Crippen molar-refractivity contribution < 1.29 is 14.6 Å². The van der Waals surface area contributed by atoms with Crippen molar-refractivity contribution in [3.8, 4) is 0 Å². The molecule has 58 valence electrons. The number of fused-ring (bicyclic) bond motifs is 2. The highest BCUT2D eigenvalue weighted by molar-refractivity contribution is 4.86. The second kappa shape index (κ2) is 1.94. The molecule has 3 heteroatoms. The number of ether oxygens (including phenoxy) is 2. The van der Waals surface area contributed by atoms with Crippen LogP contribution in [-0.4, -0.2) is 29.7 Å². The van der Waals surface area contributed by atoms with Gasteiger partial charge in [0.25, 0.3) is 0 Å². The summed E-state index contributed by atoms with van der Waals surface area (Å²) in [6.07, 6.45) is 1.31. The molecule has 2 saturated heterocycles. The van der Waals surface area contributed by atoms with Crippen LogP contribution in [0.5, 0.6) is 0 Å². The van der Waals surface area contributed by atoms with E-state index in [1.807, 2.05) is 6.92 Å². The molecule has 2 aliphatic rings. The predicted molar refractivity (Wildman–Crippen MR) is 34.5 cm³/mol. The van der Waals surface area contributed by atoms with E-state index in [4.69, 9.17) is 9.47 Å². The number of hydrogen-bond donors (Lipinski definition) is 1. The Kier molecular flexibility index (Phi) is 1.27. The minimum atomic E-state index is -0.565. The second-order valence-corrected chi connectivity index (χ2v) is 3.43. The van der Waals surface area contributed by atoms with E-state index in [9.17, 15) is 5.11 Å². The van der Waals surface area contributed by atoms with Gasteiger partial charge in [0.1, 0.15) is 0 Å². The Morgan fingerprint density at radius 3 is 3.00 bits per heavy atom. The maximum atomic E-state index is 9.60. The highest BCUT2D eigenvalue weighted by Crippen LogP contribution is 2.33. The lowest BCUT2D eigenvalue weighted by Gasteiger charge is -2.31. The number of rotatable bonds is 0. The van der Waals surface area contributed by atoms with Crippen LogP contribution in [0, 0.1) is 0 Å². The first-order chi connectivity index (χ1) is 4.66. The van der Waals surface area contributed by atoms with Crippen molar-refractivity contribution in [2.75, 3.05) is 6.61 Å². The van der Waals surface area contributed by atoms with Crippen molar-refractivity contribution in [2.24, 2.45) is 0 Å². The SMILES string of the molecule is C[C@]1(O)C[C@H]2CO[C@@H](C1)O2. The van der Waals surface area contributed by atoms with Crippen LogP contribution in [-0.2, 0) is 9.47 Å². The van der Waals surface area contributed by atoms with E-state index < -0.39 is 5.60 Å². The van der Waals surface area contributed by atoms with Gasteiger partial charge in [-0.15, -0.1) is 0 Å². The summed E-state index contributed by atoms with van der Waals surface area (Å²) in [4.78, 5) is 0. The normalized spacial score (nSPS) is 53.4. The van der Waals surface area contributed by atoms with E-state index >= 15 is 0 Å². The molecule has 2 bridgehead atoms. The molecule has 3 nitrogen and oxygen atoms in total. The Morgan fingerprint density at radius 2 is 2.30 bits per heavy atom. The van der Waals surface area contributed by atoms with Crippen LogP contribution in [0.2, 0.25) is 0 Å². The van der Waals surface area contributed by atoms with E-state index in [2.05, 4.69) is 0 Å². The summed E-state index contributed by atoms with van der Waals surface area (Å²) >= 11 is 0. The zero-order valence-electron chi connectivity index (χ0n) is 6.04. The fraction of sp³-hybridized carbons (Fsp3) is 1.00. The van der Waals surface area contributed by atoms with Gasteiger partial charge in [0.2, 0.25) is 0 Å². The van der Waals surface area contributed by atoms with E-state index in [1.165, 1.54) is 0 Å². The van der Waals surface area contributed by atoms with Gasteiger partial charge < -0.3 is 14.6 Å². The summed E-state index contributed by atoms with van der Waals surface area (Å²) in [7, 11) is 0. The molecule has 0 saturated carbocycles. The van der Waals surface area contributed by atoms with E-state index in [-0.39, 0.29) is 12.4 Å². The number of hydrogen-bond acceptors (Lipinski definition) is 3. The van der Waals surface area contributed by atoms with Crippen LogP contribution < -0.4 is 0 Å². The summed E-state index contributed by atoms with van der Waals surface area (Å²) in [5, 5.41) is 9.60. The van der Waals surface area contributed by atoms with Gasteiger partial charge in [0.15, 0.2) is 6.29 Å². The molecule has 2 fully saturated rings. The van der Waals surface area contributed by atoms with Crippen molar-refractivity contribution >= 4 is 0 Å². The number of aliphatic hydroxyl groups is 1. The third kappa shape index (κ3) is 1.05. The van der Waals surface area contributed by atoms with Crippen LogP contribution in [0.1, 0.15) is 19.8 Å². The Morgan fingerprint density at radius 1 is 1.50 bits per heavy atom. The lowest BCUT2D eigenvalue weighted by atomic mass is 9.93. The first-order valence-electron chi connectivity index (χ1n) is 3.65. The average molecular weight is 144 g/mol. The van der Waals surface area contributed by atoms with Crippen LogP contribution in [0.25, 0.3) is 0 Å². The zero-order chi connectivity index (χ0) is 7.19. The topological polar surface area (TPSA) is 38.7 Å². The molecule has 0 aromatic carbocycles. The van der Waals surface area contributed by atoms with Gasteiger partial charge in [-0.2, -0.15) is 0 Å². The Balaban J connectivity index is 2.09. The third-order valence-corrected chi connectivity index (χ3v) is 2.09. The van der Waals surface area contributed by atoms with Crippen LogP contribution in [0.4, 0.5) is 0 Å². The molecule has 2 heterocycles. The quantitative estimate of drug-likeness (QED) is 0.530. The van der Waals surface area contributed by atoms with Gasteiger partial charge in [0, 0.05) is 12.8 Å². The monoisotopic (exact) mass is 144 g/mol. The Bertz CT molecular complexity index is 130. The molecule has 2 aliphatic heterocycles. The van der Waals surface area contributed by atoms with E-state index in [1.54, 1.807) is 0 Å². The van der Waals surface area contributed by atoms with Crippen molar-refractivity contribution in [2.45, 2.75) is 37.8 Å². The summed E-state index contributed by atoms with van der Waals surface area (Å²) in [5.74, 6) is 0. The molecular formula is C7H12O3.